The molecule has 3 aromatic rings. The summed E-state index contributed by atoms with van der Waals surface area (Å²) in [6.45, 7) is 6.55. The minimum absolute atomic E-state index is 0.00832. The molecule has 2 aromatic carbocycles. The molecule has 1 N–H and O–H groups in total. The molecule has 10 heteroatoms. The van der Waals surface area contributed by atoms with Crippen LogP contribution in [-0.2, 0) is 16.1 Å². The number of fused-ring (bicyclic) bond motifs is 1. The van der Waals surface area contributed by atoms with E-state index in [9.17, 15) is 14.7 Å². The molecule has 210 valence electrons. The molecule has 0 bridgehead atoms. The first kappa shape index (κ1) is 27.1. The van der Waals surface area contributed by atoms with Crippen LogP contribution in [0.4, 0.5) is 0 Å². The number of imidazole rings is 1. The van der Waals surface area contributed by atoms with Gasteiger partial charge in [-0.3, -0.25) is 9.59 Å². The summed E-state index contributed by atoms with van der Waals surface area (Å²) in [6.07, 6.45) is 6.66. The van der Waals surface area contributed by atoms with Gasteiger partial charge >= 0.3 is 0 Å². The number of aliphatic hydroxyl groups excluding tert-OH is 1. The molecule has 1 atom stereocenters. The van der Waals surface area contributed by atoms with Gasteiger partial charge in [0.2, 0.25) is 0 Å². The number of Topliss-reactive ketones (excluding diaryl/α,β-unsaturated/α-hetero) is 1. The fourth-order valence-corrected chi connectivity index (χ4v) is 4.94. The normalized spacial score (nSPS) is 17.8. The summed E-state index contributed by atoms with van der Waals surface area (Å²) in [4.78, 5) is 32.4. The highest BCUT2D eigenvalue weighted by molar-refractivity contribution is 6.46. The van der Waals surface area contributed by atoms with Crippen LogP contribution in [-0.4, -0.2) is 64.2 Å². The van der Waals surface area contributed by atoms with Gasteiger partial charge in [-0.2, -0.15) is 0 Å². The third kappa shape index (κ3) is 5.47. The van der Waals surface area contributed by atoms with E-state index in [0.29, 0.717) is 80.1 Å². The van der Waals surface area contributed by atoms with E-state index in [2.05, 4.69) is 4.98 Å². The Kier molecular flexibility index (Phi) is 8.23. The van der Waals surface area contributed by atoms with Gasteiger partial charge in [0.25, 0.3) is 11.7 Å². The van der Waals surface area contributed by atoms with E-state index in [1.165, 1.54) is 4.90 Å². The average molecular weight is 548 g/mol. The maximum atomic E-state index is 13.5. The van der Waals surface area contributed by atoms with Crippen LogP contribution < -0.4 is 18.9 Å². The van der Waals surface area contributed by atoms with Crippen molar-refractivity contribution in [1.82, 2.24) is 14.5 Å². The van der Waals surface area contributed by atoms with Crippen LogP contribution in [0, 0.1) is 0 Å². The molecule has 10 nitrogen and oxygen atoms in total. The van der Waals surface area contributed by atoms with Crippen LogP contribution in [0.2, 0.25) is 0 Å². The molecule has 1 amide bonds. The third-order valence-electron chi connectivity index (χ3n) is 6.78. The average Bonchev–Trinajstić information content (AvgIpc) is 3.58. The van der Waals surface area contributed by atoms with Crippen molar-refractivity contribution in [3.63, 3.8) is 0 Å². The number of rotatable bonds is 11. The number of carbonyl (C=O) groups is 2. The number of ketones is 1. The van der Waals surface area contributed by atoms with E-state index < -0.39 is 17.7 Å². The second kappa shape index (κ2) is 12.1. The van der Waals surface area contributed by atoms with Crippen molar-refractivity contribution in [2.45, 2.75) is 39.3 Å². The Morgan fingerprint density at radius 3 is 2.60 bits per heavy atom. The smallest absolute Gasteiger partial charge is 0.295 e. The Morgan fingerprint density at radius 1 is 1.02 bits per heavy atom. The number of aliphatic hydroxyl groups is 1. The van der Waals surface area contributed by atoms with Crippen molar-refractivity contribution in [1.29, 1.82) is 0 Å². The number of nitrogens with zero attached hydrogens (tertiary/aromatic N) is 3. The fraction of sp³-hybridized carbons (Fsp3) is 0.367. The molecule has 5 rings (SSSR count). The fourth-order valence-electron chi connectivity index (χ4n) is 4.94. The molecule has 0 spiro atoms. The summed E-state index contributed by atoms with van der Waals surface area (Å²) in [6, 6.07) is 9.52. The molecule has 1 fully saturated rings. The van der Waals surface area contributed by atoms with Gasteiger partial charge < -0.3 is 33.5 Å². The summed E-state index contributed by atoms with van der Waals surface area (Å²) in [5.41, 5.74) is 1.00. The van der Waals surface area contributed by atoms with E-state index in [-0.39, 0.29) is 11.3 Å². The van der Waals surface area contributed by atoms with Gasteiger partial charge in [0.1, 0.15) is 19.0 Å². The predicted octanol–water partition coefficient (Wildman–Crippen LogP) is 4.35. The lowest BCUT2D eigenvalue weighted by Gasteiger charge is -2.26. The minimum atomic E-state index is -0.824. The molecular formula is C30H33N3O7. The second-order valence-electron chi connectivity index (χ2n) is 9.49. The van der Waals surface area contributed by atoms with Gasteiger partial charge in [-0.05, 0) is 55.7 Å². The lowest BCUT2D eigenvalue weighted by molar-refractivity contribution is -0.139. The van der Waals surface area contributed by atoms with E-state index in [4.69, 9.17) is 18.9 Å². The number of ether oxygens (including phenoxy) is 4. The van der Waals surface area contributed by atoms with Crippen molar-refractivity contribution >= 4 is 17.4 Å². The van der Waals surface area contributed by atoms with Crippen molar-refractivity contribution < 1.29 is 33.6 Å². The van der Waals surface area contributed by atoms with E-state index >= 15 is 0 Å². The zero-order valence-electron chi connectivity index (χ0n) is 22.7. The van der Waals surface area contributed by atoms with Crippen molar-refractivity contribution in [2.75, 3.05) is 33.0 Å². The molecule has 2 aliphatic heterocycles. The van der Waals surface area contributed by atoms with Crippen molar-refractivity contribution in [3.8, 4) is 23.0 Å². The first-order valence-electron chi connectivity index (χ1n) is 13.6. The van der Waals surface area contributed by atoms with Crippen LogP contribution in [0.15, 0.2) is 60.7 Å². The van der Waals surface area contributed by atoms with Gasteiger partial charge in [-0.25, -0.2) is 4.98 Å². The molecule has 40 heavy (non-hydrogen) atoms. The summed E-state index contributed by atoms with van der Waals surface area (Å²) in [7, 11) is 0. The molecule has 3 heterocycles. The summed E-state index contributed by atoms with van der Waals surface area (Å²) >= 11 is 0. The molecule has 2 aliphatic rings. The number of aryl methyl sites for hydroxylation is 1. The van der Waals surface area contributed by atoms with Gasteiger partial charge in [-0.1, -0.05) is 13.0 Å². The third-order valence-corrected chi connectivity index (χ3v) is 6.78. The van der Waals surface area contributed by atoms with E-state index in [1.54, 1.807) is 42.9 Å². The lowest BCUT2D eigenvalue weighted by atomic mass is 9.94. The summed E-state index contributed by atoms with van der Waals surface area (Å²) in [5.74, 6) is 0.430. The van der Waals surface area contributed by atoms with Crippen molar-refractivity contribution in [2.24, 2.45) is 0 Å². The first-order valence-corrected chi connectivity index (χ1v) is 13.6. The summed E-state index contributed by atoms with van der Waals surface area (Å²) < 4.78 is 24.9. The molecule has 0 saturated carbocycles. The predicted molar refractivity (Wildman–Crippen MR) is 147 cm³/mol. The summed E-state index contributed by atoms with van der Waals surface area (Å²) in [5, 5.41) is 11.5. The SMILES string of the molecule is CCCOc1ccc([C@H]2/C(=C(\O)c3ccc4c(c3)OCCO4)C(=O)C(=O)N2CCCn2ccnc2)cc1OCC. The number of benzene rings is 2. The molecule has 0 aliphatic carbocycles. The highest BCUT2D eigenvalue weighted by Crippen LogP contribution is 2.43. The van der Waals surface area contributed by atoms with Crippen molar-refractivity contribution in [3.05, 3.63) is 71.8 Å². The molecular weight excluding hydrogens is 514 g/mol. The van der Waals surface area contributed by atoms with Crippen LogP contribution in [0.3, 0.4) is 0 Å². The second-order valence-corrected chi connectivity index (χ2v) is 9.49. The maximum Gasteiger partial charge on any atom is 0.295 e. The van der Waals surface area contributed by atoms with Gasteiger partial charge in [0, 0.05) is 31.0 Å². The Morgan fingerprint density at radius 2 is 1.85 bits per heavy atom. The Bertz CT molecular complexity index is 1400. The monoisotopic (exact) mass is 547 g/mol. The Hall–Kier alpha value is -4.47. The van der Waals surface area contributed by atoms with E-state index in [1.807, 2.05) is 30.7 Å². The topological polar surface area (TPSA) is 112 Å². The number of carbonyl (C=O) groups excluding carboxylic acids is 2. The highest BCUT2D eigenvalue weighted by Gasteiger charge is 2.46. The molecule has 1 aromatic heterocycles. The number of aromatic nitrogens is 2. The number of amides is 1. The Balaban J connectivity index is 1.56. The first-order chi connectivity index (χ1) is 19.5. The maximum absolute atomic E-state index is 13.5. The number of hydrogen-bond donors (Lipinski definition) is 1. The Labute approximate surface area is 232 Å². The quantitative estimate of drug-likeness (QED) is 0.214. The van der Waals surface area contributed by atoms with Crippen LogP contribution in [0.25, 0.3) is 5.76 Å². The lowest BCUT2D eigenvalue weighted by Crippen LogP contribution is -2.31. The molecule has 0 radical (unpaired) electrons. The van der Waals surface area contributed by atoms with Gasteiger partial charge in [0.15, 0.2) is 23.0 Å². The highest BCUT2D eigenvalue weighted by atomic mass is 16.6. The zero-order chi connectivity index (χ0) is 28.1. The number of likely N-dealkylation sites (tertiary alicyclic amines) is 1. The van der Waals surface area contributed by atoms with E-state index in [0.717, 1.165) is 6.42 Å². The van der Waals surface area contributed by atoms with Crippen LogP contribution in [0.5, 0.6) is 23.0 Å². The van der Waals surface area contributed by atoms with Gasteiger partial charge in [0.05, 0.1) is 31.2 Å². The number of hydrogen-bond acceptors (Lipinski definition) is 8. The standard InChI is InChI=1S/C30H33N3O7/c1-3-14-38-22-8-6-20(17-24(22)37-4-2)27-26(28(34)21-7-9-23-25(18-21)40-16-15-39-23)29(35)30(36)33(27)12-5-11-32-13-10-31-19-32/h6-10,13,17-19,27,34H,3-5,11-12,14-16H2,1-2H3/b28-26+/t27-/m0/s1. The van der Waals surface area contributed by atoms with Crippen LogP contribution >= 0.6 is 0 Å². The van der Waals surface area contributed by atoms with Crippen LogP contribution in [0.1, 0.15) is 43.9 Å². The molecule has 1 saturated heterocycles. The van der Waals surface area contributed by atoms with Gasteiger partial charge in [-0.15, -0.1) is 0 Å². The zero-order valence-corrected chi connectivity index (χ0v) is 22.7. The minimum Gasteiger partial charge on any atom is -0.507 e. The largest absolute Gasteiger partial charge is 0.507 e. The molecule has 0 unspecified atom stereocenters.